The van der Waals surface area contributed by atoms with Gasteiger partial charge in [0, 0.05) is 17.1 Å². The molecule has 2 amide bonds. The van der Waals surface area contributed by atoms with Crippen molar-refractivity contribution >= 4 is 28.4 Å². The number of hydrogen-bond acceptors (Lipinski definition) is 4. The van der Waals surface area contributed by atoms with Gasteiger partial charge in [-0.05, 0) is 43.2 Å². The number of carbonyl (C=O) groups excluding carboxylic acids is 2. The van der Waals surface area contributed by atoms with Crippen LogP contribution in [-0.2, 0) is 9.59 Å². The fraction of sp³-hybridized carbons (Fsp3) is 0.227. The number of ether oxygens (including phenoxy) is 1. The Bertz CT molecular complexity index is 1000. The summed E-state index contributed by atoms with van der Waals surface area (Å²) in [6.07, 6.45) is 0.686. The molecule has 6 heteroatoms. The normalized spacial score (nSPS) is 11.7. The number of amides is 2. The molecule has 2 N–H and O–H groups in total. The first-order valence-electron chi connectivity index (χ1n) is 9.13. The number of rotatable bonds is 5. The lowest BCUT2D eigenvalue weighted by atomic mass is 10.0. The number of fused-ring (bicyclic) bond motifs is 1. The average molecular weight is 377 g/mol. The molecule has 28 heavy (non-hydrogen) atoms. The van der Waals surface area contributed by atoms with Crippen LogP contribution in [0.1, 0.15) is 30.5 Å². The molecular weight excluding hydrogens is 354 g/mol. The molecule has 0 fully saturated rings. The van der Waals surface area contributed by atoms with Crippen LogP contribution in [-0.4, -0.2) is 23.9 Å². The van der Waals surface area contributed by atoms with E-state index in [2.05, 4.69) is 15.6 Å². The van der Waals surface area contributed by atoms with Crippen molar-refractivity contribution in [2.75, 3.05) is 12.4 Å². The molecule has 3 aromatic rings. The molecule has 0 saturated heterocycles. The van der Waals surface area contributed by atoms with Gasteiger partial charge in [0.2, 0.25) is 5.88 Å². The molecule has 6 nitrogen and oxygen atoms in total. The summed E-state index contributed by atoms with van der Waals surface area (Å²) in [5, 5.41) is 6.28. The first kappa shape index (κ1) is 19.4. The molecule has 0 radical (unpaired) electrons. The molecule has 1 atom stereocenters. The summed E-state index contributed by atoms with van der Waals surface area (Å²) >= 11 is 0. The van der Waals surface area contributed by atoms with Crippen LogP contribution in [0, 0.1) is 6.92 Å². The van der Waals surface area contributed by atoms with E-state index in [0.717, 1.165) is 22.0 Å². The van der Waals surface area contributed by atoms with E-state index in [0.29, 0.717) is 18.0 Å². The average Bonchev–Trinajstić information content (AvgIpc) is 2.72. The van der Waals surface area contributed by atoms with Gasteiger partial charge >= 0.3 is 11.8 Å². The largest absolute Gasteiger partial charge is 0.481 e. The lowest BCUT2D eigenvalue weighted by Gasteiger charge is -2.17. The van der Waals surface area contributed by atoms with Gasteiger partial charge in [-0.2, -0.15) is 0 Å². The lowest BCUT2D eigenvalue weighted by Crippen LogP contribution is -2.37. The maximum absolute atomic E-state index is 12.4. The summed E-state index contributed by atoms with van der Waals surface area (Å²) in [6.45, 7) is 3.97. The maximum atomic E-state index is 12.4. The number of benzene rings is 2. The zero-order valence-electron chi connectivity index (χ0n) is 16.2. The van der Waals surface area contributed by atoms with Crippen molar-refractivity contribution in [3.63, 3.8) is 0 Å². The van der Waals surface area contributed by atoms with Crippen molar-refractivity contribution in [1.82, 2.24) is 10.3 Å². The highest BCUT2D eigenvalue weighted by molar-refractivity contribution is 6.39. The Kier molecular flexibility index (Phi) is 5.89. The standard InChI is InChI=1S/C22H23N3O3/c1-4-18(15-7-5-14(2)6-8-15)25-22(27)21(26)23-17-10-11-19-16(13-17)9-12-20(24-19)28-3/h5-13,18H,4H2,1-3H3,(H,23,26)(H,25,27). The third-order valence-electron chi connectivity index (χ3n) is 4.53. The zero-order chi connectivity index (χ0) is 20.1. The minimum atomic E-state index is -0.702. The minimum Gasteiger partial charge on any atom is -0.481 e. The number of aryl methyl sites for hydroxylation is 1. The van der Waals surface area contributed by atoms with E-state index in [9.17, 15) is 9.59 Å². The first-order valence-corrected chi connectivity index (χ1v) is 9.13. The van der Waals surface area contributed by atoms with Gasteiger partial charge in [-0.1, -0.05) is 36.8 Å². The number of hydrogen-bond donors (Lipinski definition) is 2. The highest BCUT2D eigenvalue weighted by Gasteiger charge is 2.19. The molecular formula is C22H23N3O3. The maximum Gasteiger partial charge on any atom is 0.313 e. The first-order chi connectivity index (χ1) is 13.5. The highest BCUT2D eigenvalue weighted by Crippen LogP contribution is 2.21. The van der Waals surface area contributed by atoms with Crippen molar-refractivity contribution in [2.24, 2.45) is 0 Å². The summed E-state index contributed by atoms with van der Waals surface area (Å²) in [5.74, 6) is -0.850. The summed E-state index contributed by atoms with van der Waals surface area (Å²) in [7, 11) is 1.56. The second kappa shape index (κ2) is 8.52. The van der Waals surface area contributed by atoms with Crippen LogP contribution in [0.4, 0.5) is 5.69 Å². The number of methoxy groups -OCH3 is 1. The van der Waals surface area contributed by atoms with Crippen molar-refractivity contribution in [2.45, 2.75) is 26.3 Å². The van der Waals surface area contributed by atoms with E-state index in [4.69, 9.17) is 4.74 Å². The predicted molar refractivity (Wildman–Crippen MR) is 109 cm³/mol. The number of nitrogens with zero attached hydrogens (tertiary/aromatic N) is 1. The Labute approximate surface area is 163 Å². The summed E-state index contributed by atoms with van der Waals surface area (Å²) in [4.78, 5) is 29.0. The van der Waals surface area contributed by atoms with Crippen molar-refractivity contribution in [3.05, 3.63) is 65.7 Å². The lowest BCUT2D eigenvalue weighted by molar-refractivity contribution is -0.136. The minimum absolute atomic E-state index is 0.216. The van der Waals surface area contributed by atoms with Crippen LogP contribution in [0.5, 0.6) is 5.88 Å². The number of anilines is 1. The van der Waals surface area contributed by atoms with Gasteiger partial charge in [0.25, 0.3) is 0 Å². The van der Waals surface area contributed by atoms with Gasteiger partial charge in [-0.15, -0.1) is 0 Å². The molecule has 0 bridgehead atoms. The quantitative estimate of drug-likeness (QED) is 0.664. The van der Waals surface area contributed by atoms with Gasteiger partial charge in [-0.25, -0.2) is 4.98 Å². The van der Waals surface area contributed by atoms with E-state index in [1.165, 1.54) is 0 Å². The Morgan fingerprint density at radius 1 is 1.04 bits per heavy atom. The molecule has 1 heterocycles. The van der Waals surface area contributed by atoms with Crippen LogP contribution in [0.25, 0.3) is 10.9 Å². The Morgan fingerprint density at radius 3 is 2.46 bits per heavy atom. The van der Waals surface area contributed by atoms with Crippen molar-refractivity contribution in [1.29, 1.82) is 0 Å². The summed E-state index contributed by atoms with van der Waals surface area (Å²) in [6, 6.07) is 16.5. The van der Waals surface area contributed by atoms with Crippen molar-refractivity contribution < 1.29 is 14.3 Å². The zero-order valence-corrected chi connectivity index (χ0v) is 16.2. The van der Waals surface area contributed by atoms with Crippen LogP contribution in [0.3, 0.4) is 0 Å². The Balaban J connectivity index is 1.68. The third kappa shape index (κ3) is 4.46. The third-order valence-corrected chi connectivity index (χ3v) is 4.53. The molecule has 1 aromatic heterocycles. The second-order valence-electron chi connectivity index (χ2n) is 6.56. The van der Waals surface area contributed by atoms with E-state index < -0.39 is 11.8 Å². The molecule has 0 saturated carbocycles. The van der Waals surface area contributed by atoms with Crippen LogP contribution in [0.15, 0.2) is 54.6 Å². The summed E-state index contributed by atoms with van der Waals surface area (Å²) < 4.78 is 5.11. The van der Waals surface area contributed by atoms with E-state index >= 15 is 0 Å². The molecule has 3 rings (SSSR count). The Morgan fingerprint density at radius 2 is 1.79 bits per heavy atom. The second-order valence-corrected chi connectivity index (χ2v) is 6.56. The van der Waals surface area contributed by atoms with Crippen LogP contribution < -0.4 is 15.4 Å². The molecule has 0 aliphatic carbocycles. The molecule has 144 valence electrons. The SMILES string of the molecule is CCC(NC(=O)C(=O)Nc1ccc2nc(OC)ccc2c1)c1ccc(C)cc1. The monoisotopic (exact) mass is 377 g/mol. The van der Waals surface area contributed by atoms with Crippen molar-refractivity contribution in [3.8, 4) is 5.88 Å². The number of carbonyl (C=O) groups is 2. The smallest absolute Gasteiger partial charge is 0.313 e. The molecule has 0 aliphatic rings. The summed E-state index contributed by atoms with van der Waals surface area (Å²) in [5.41, 5.74) is 3.39. The van der Waals surface area contributed by atoms with Crippen LogP contribution in [0.2, 0.25) is 0 Å². The van der Waals surface area contributed by atoms with Gasteiger partial charge in [0.15, 0.2) is 0 Å². The predicted octanol–water partition coefficient (Wildman–Crippen LogP) is 3.76. The fourth-order valence-corrected chi connectivity index (χ4v) is 2.93. The van der Waals surface area contributed by atoms with Gasteiger partial charge in [-0.3, -0.25) is 9.59 Å². The fourth-order valence-electron chi connectivity index (χ4n) is 2.93. The van der Waals surface area contributed by atoms with Crippen LogP contribution >= 0.6 is 0 Å². The van der Waals surface area contributed by atoms with Gasteiger partial charge in [0.05, 0.1) is 18.7 Å². The van der Waals surface area contributed by atoms with Gasteiger partial charge in [0.1, 0.15) is 0 Å². The van der Waals surface area contributed by atoms with Gasteiger partial charge < -0.3 is 15.4 Å². The highest BCUT2D eigenvalue weighted by atomic mass is 16.5. The number of aromatic nitrogens is 1. The Hall–Kier alpha value is -3.41. The molecule has 0 aliphatic heterocycles. The van der Waals surface area contributed by atoms with E-state index in [1.807, 2.05) is 44.2 Å². The molecule has 1 unspecified atom stereocenters. The van der Waals surface area contributed by atoms with E-state index in [1.54, 1.807) is 31.4 Å². The number of pyridine rings is 1. The number of nitrogens with one attached hydrogen (secondary N) is 2. The molecule has 0 spiro atoms. The van der Waals surface area contributed by atoms with E-state index in [-0.39, 0.29) is 6.04 Å². The topological polar surface area (TPSA) is 80.3 Å². The molecule has 2 aromatic carbocycles.